The largest absolute Gasteiger partial charge is 0.444 e. The van der Waals surface area contributed by atoms with Gasteiger partial charge in [-0.3, -0.25) is 14.5 Å². The van der Waals surface area contributed by atoms with E-state index >= 15 is 0 Å². The van der Waals surface area contributed by atoms with E-state index in [0.717, 1.165) is 25.9 Å². The second kappa shape index (κ2) is 11.2. The van der Waals surface area contributed by atoms with Gasteiger partial charge >= 0.3 is 12.2 Å². The summed E-state index contributed by atoms with van der Waals surface area (Å²) in [4.78, 5) is 54.1. The number of benzene rings is 1. The molecule has 2 saturated heterocycles. The van der Waals surface area contributed by atoms with E-state index < -0.39 is 11.2 Å². The van der Waals surface area contributed by atoms with Crippen molar-refractivity contribution in [2.45, 2.75) is 65.6 Å². The lowest BCUT2D eigenvalue weighted by Gasteiger charge is -2.29. The Morgan fingerprint density at radius 1 is 0.762 bits per heavy atom. The number of fused-ring (bicyclic) bond motifs is 3. The molecule has 2 saturated carbocycles. The number of hydrogen-bond donors (Lipinski definition) is 1. The normalized spacial score (nSPS) is 29.5. The number of nitrogens with zero attached hydrogens (tertiary/aromatic N) is 3. The molecule has 1 N–H and O–H groups in total. The lowest BCUT2D eigenvalue weighted by Crippen LogP contribution is -2.40. The second-order valence-corrected chi connectivity index (χ2v) is 14.4. The van der Waals surface area contributed by atoms with Crippen molar-refractivity contribution in [3.8, 4) is 0 Å². The number of imide groups is 1. The van der Waals surface area contributed by atoms with E-state index in [4.69, 9.17) is 14.6 Å². The maximum atomic E-state index is 12.5. The van der Waals surface area contributed by atoms with Crippen molar-refractivity contribution >= 4 is 24.0 Å². The Bertz CT molecular complexity index is 1200. The number of piperidine rings is 2. The van der Waals surface area contributed by atoms with Crippen LogP contribution in [-0.4, -0.2) is 94.3 Å². The van der Waals surface area contributed by atoms with Gasteiger partial charge in [0, 0.05) is 39.3 Å². The van der Waals surface area contributed by atoms with Crippen LogP contribution in [0.4, 0.5) is 9.59 Å². The molecule has 0 aromatic heterocycles. The third kappa shape index (κ3) is 6.43. The zero-order valence-corrected chi connectivity index (χ0v) is 25.7. The average molecular weight is 584 g/mol. The standard InChI is InChI=1S/C20H24N2O4.C12H21NO3/c1-20(2,3)26-19(25)21-9-8-12-15(10-21)16(12)11-22-17(23)13-6-4-5-7-14(13)18(22)24;1-12(2,3)16-11(15)13-5-4-8-9(6-13)10(8)7-14/h4-7,12,15-16H,8-11H2,1-3H3;8-10,14H,4-7H2,1-3H3. The minimum Gasteiger partial charge on any atom is -0.444 e. The van der Waals surface area contributed by atoms with E-state index in [1.54, 1.807) is 34.1 Å². The summed E-state index contributed by atoms with van der Waals surface area (Å²) in [6, 6.07) is 6.98. The van der Waals surface area contributed by atoms with Crippen molar-refractivity contribution in [1.82, 2.24) is 14.7 Å². The molecule has 6 atom stereocenters. The molecule has 5 aliphatic rings. The zero-order valence-electron chi connectivity index (χ0n) is 25.7. The molecular formula is C32H45N3O7. The van der Waals surface area contributed by atoms with Crippen molar-refractivity contribution in [3.05, 3.63) is 35.4 Å². The van der Waals surface area contributed by atoms with E-state index in [-0.39, 0.29) is 36.5 Å². The number of amides is 4. The third-order valence-electron chi connectivity index (χ3n) is 9.13. The van der Waals surface area contributed by atoms with Gasteiger partial charge in [-0.25, -0.2) is 9.59 Å². The van der Waals surface area contributed by atoms with Crippen LogP contribution in [0.15, 0.2) is 24.3 Å². The van der Waals surface area contributed by atoms with E-state index in [1.165, 1.54) is 4.90 Å². The molecule has 6 rings (SSSR count). The van der Waals surface area contributed by atoms with Gasteiger partial charge in [0.25, 0.3) is 11.8 Å². The molecule has 3 aliphatic heterocycles. The van der Waals surface area contributed by atoms with Crippen LogP contribution in [0.5, 0.6) is 0 Å². The van der Waals surface area contributed by atoms with Gasteiger partial charge in [-0.1, -0.05) is 12.1 Å². The fraction of sp³-hybridized carbons (Fsp3) is 0.688. The molecule has 230 valence electrons. The molecule has 3 heterocycles. The molecule has 0 bridgehead atoms. The Morgan fingerprint density at radius 3 is 1.62 bits per heavy atom. The van der Waals surface area contributed by atoms with Crippen LogP contribution in [0.3, 0.4) is 0 Å². The summed E-state index contributed by atoms with van der Waals surface area (Å²) in [6.07, 6.45) is 1.42. The van der Waals surface area contributed by atoms with Gasteiger partial charge in [0.1, 0.15) is 11.2 Å². The van der Waals surface area contributed by atoms with Gasteiger partial charge in [0.05, 0.1) is 11.1 Å². The van der Waals surface area contributed by atoms with Crippen molar-refractivity contribution in [1.29, 1.82) is 0 Å². The van der Waals surface area contributed by atoms with Crippen molar-refractivity contribution < 1.29 is 33.8 Å². The van der Waals surface area contributed by atoms with Crippen LogP contribution in [0.1, 0.15) is 75.1 Å². The van der Waals surface area contributed by atoms with Crippen LogP contribution in [0, 0.1) is 35.5 Å². The Hall–Kier alpha value is -3.14. The molecule has 1 aromatic carbocycles. The van der Waals surface area contributed by atoms with Crippen LogP contribution in [0.25, 0.3) is 0 Å². The summed E-state index contributed by atoms with van der Waals surface area (Å²) < 4.78 is 10.8. The van der Waals surface area contributed by atoms with Gasteiger partial charge in [-0.15, -0.1) is 0 Å². The lowest BCUT2D eigenvalue weighted by molar-refractivity contribution is 0.0196. The highest BCUT2D eigenvalue weighted by Gasteiger charge is 2.56. The van der Waals surface area contributed by atoms with Crippen LogP contribution >= 0.6 is 0 Å². The van der Waals surface area contributed by atoms with Crippen LogP contribution in [0.2, 0.25) is 0 Å². The van der Waals surface area contributed by atoms with Gasteiger partial charge in [-0.2, -0.15) is 0 Å². The predicted octanol–water partition coefficient (Wildman–Crippen LogP) is 4.27. The van der Waals surface area contributed by atoms with E-state index in [1.807, 2.05) is 41.5 Å². The van der Waals surface area contributed by atoms with Crippen molar-refractivity contribution in [3.63, 3.8) is 0 Å². The molecule has 42 heavy (non-hydrogen) atoms. The molecule has 0 spiro atoms. The third-order valence-corrected chi connectivity index (χ3v) is 9.13. The van der Waals surface area contributed by atoms with Gasteiger partial charge < -0.3 is 24.4 Å². The number of aliphatic hydroxyl groups is 1. The average Bonchev–Trinajstić information content (AvgIpc) is 3.79. The number of rotatable bonds is 3. The fourth-order valence-corrected chi connectivity index (χ4v) is 6.89. The predicted molar refractivity (Wildman–Crippen MR) is 155 cm³/mol. The Kier molecular flexibility index (Phi) is 8.06. The Balaban J connectivity index is 0.000000189. The van der Waals surface area contributed by atoms with Crippen molar-refractivity contribution in [2.24, 2.45) is 35.5 Å². The second-order valence-electron chi connectivity index (χ2n) is 14.4. The number of carbonyl (C=O) groups excluding carboxylic acids is 4. The maximum absolute atomic E-state index is 12.5. The van der Waals surface area contributed by atoms with E-state index in [9.17, 15) is 19.2 Å². The molecule has 4 fully saturated rings. The zero-order chi connectivity index (χ0) is 30.6. The molecule has 2 aliphatic carbocycles. The van der Waals surface area contributed by atoms with Crippen molar-refractivity contribution in [2.75, 3.05) is 39.3 Å². The monoisotopic (exact) mass is 583 g/mol. The van der Waals surface area contributed by atoms with Gasteiger partial charge in [0.15, 0.2) is 0 Å². The van der Waals surface area contributed by atoms with E-state index in [0.29, 0.717) is 60.4 Å². The smallest absolute Gasteiger partial charge is 0.410 e. The van der Waals surface area contributed by atoms with Crippen LogP contribution in [-0.2, 0) is 9.47 Å². The minimum atomic E-state index is -0.503. The first-order valence-electron chi connectivity index (χ1n) is 15.2. The first-order chi connectivity index (χ1) is 19.7. The topological polar surface area (TPSA) is 117 Å². The van der Waals surface area contributed by atoms with E-state index in [2.05, 4.69) is 0 Å². The SMILES string of the molecule is CC(C)(C)OC(=O)N1CCC2C(C1)C2CN1C(=O)c2ccccc2C1=O.CC(C)(C)OC(=O)N1CCC2C(CO)C2C1. The van der Waals surface area contributed by atoms with Gasteiger partial charge in [-0.05, 0) is 102 Å². The summed E-state index contributed by atoms with van der Waals surface area (Å²) >= 11 is 0. The number of carbonyl (C=O) groups is 4. The fourth-order valence-electron chi connectivity index (χ4n) is 6.89. The summed E-state index contributed by atoms with van der Waals surface area (Å²) in [5.74, 6) is 2.29. The highest BCUT2D eigenvalue weighted by molar-refractivity contribution is 6.21. The Labute approximate surface area is 248 Å². The molecule has 4 amide bonds. The van der Waals surface area contributed by atoms with Crippen LogP contribution < -0.4 is 0 Å². The summed E-state index contributed by atoms with van der Waals surface area (Å²) in [5, 5.41) is 9.11. The summed E-state index contributed by atoms with van der Waals surface area (Å²) in [7, 11) is 0. The molecular weight excluding hydrogens is 538 g/mol. The molecule has 10 heteroatoms. The number of likely N-dealkylation sites (tertiary alicyclic amines) is 2. The molecule has 10 nitrogen and oxygen atoms in total. The molecule has 6 unspecified atom stereocenters. The van der Waals surface area contributed by atoms with Gasteiger partial charge in [0.2, 0.25) is 0 Å². The lowest BCUT2D eigenvalue weighted by atomic mass is 10.1. The minimum absolute atomic E-state index is 0.196. The molecule has 1 aromatic rings. The Morgan fingerprint density at radius 2 is 1.19 bits per heavy atom. The summed E-state index contributed by atoms with van der Waals surface area (Å²) in [5.41, 5.74) is 0.0678. The first-order valence-corrected chi connectivity index (χ1v) is 15.2. The number of ether oxygens (including phenoxy) is 2. The quantitative estimate of drug-likeness (QED) is 0.529. The highest BCUT2D eigenvalue weighted by atomic mass is 16.6. The number of hydrogen-bond acceptors (Lipinski definition) is 7. The summed E-state index contributed by atoms with van der Waals surface area (Å²) in [6.45, 7) is 14.8. The number of aliphatic hydroxyl groups excluding tert-OH is 1. The molecule has 0 radical (unpaired) electrons. The maximum Gasteiger partial charge on any atom is 0.410 e. The highest BCUT2D eigenvalue weighted by Crippen LogP contribution is 2.53. The first kappa shape index (κ1) is 30.3.